The van der Waals surface area contributed by atoms with Crippen LogP contribution in [-0.4, -0.2) is 12.3 Å². The van der Waals surface area contributed by atoms with E-state index in [9.17, 15) is 9.59 Å². The largest absolute Gasteiger partial charge is 0.365 e. The molecule has 0 bridgehead atoms. The summed E-state index contributed by atoms with van der Waals surface area (Å²) in [5.41, 5.74) is 6.82. The average Bonchev–Trinajstić information content (AvgIpc) is 2.62. The summed E-state index contributed by atoms with van der Waals surface area (Å²) in [5.74, 6) is -0.450. The lowest BCUT2D eigenvalue weighted by molar-refractivity contribution is -0.105. The second-order valence-electron chi connectivity index (χ2n) is 3.19. The molecule has 0 atom stereocenters. The number of primary amides is 1. The molecule has 0 unspecified atom stereocenters. The van der Waals surface area contributed by atoms with Crippen LogP contribution in [0.2, 0.25) is 0 Å². The minimum Gasteiger partial charge on any atom is -0.365 e. The molecule has 0 saturated carbocycles. The van der Waals surface area contributed by atoms with Gasteiger partial charge in [-0.1, -0.05) is 0 Å². The molecule has 0 spiro atoms. The summed E-state index contributed by atoms with van der Waals surface area (Å²) in [6.07, 6.45) is 3.53. The number of rotatable bonds is 3. The van der Waals surface area contributed by atoms with Crippen molar-refractivity contribution in [2.24, 2.45) is 5.73 Å². The minimum atomic E-state index is -0.450. The van der Waals surface area contributed by atoms with Crippen molar-refractivity contribution in [1.82, 2.24) is 0 Å². The molecule has 5 heteroatoms. The second kappa shape index (κ2) is 3.42. The highest BCUT2D eigenvalue weighted by Gasteiger charge is 2.24. The zero-order valence-corrected chi connectivity index (χ0v) is 8.32. The van der Waals surface area contributed by atoms with Gasteiger partial charge in [-0.15, -0.1) is 11.3 Å². The van der Waals surface area contributed by atoms with Gasteiger partial charge in [0, 0.05) is 4.88 Å². The molecule has 74 valence electrons. The first-order chi connectivity index (χ1) is 6.74. The third-order valence-electron chi connectivity index (χ3n) is 2.36. The van der Waals surface area contributed by atoms with Crippen LogP contribution in [0.25, 0.3) is 0 Å². The number of hydrogen-bond donors (Lipinski definition) is 2. The zero-order chi connectivity index (χ0) is 10.1. The Kier molecular flexibility index (Phi) is 2.25. The van der Waals surface area contributed by atoms with Gasteiger partial charge in [0.15, 0.2) is 0 Å². The van der Waals surface area contributed by atoms with E-state index in [4.69, 9.17) is 5.73 Å². The van der Waals surface area contributed by atoms with Gasteiger partial charge in [0.05, 0.1) is 5.56 Å². The lowest BCUT2D eigenvalue weighted by Crippen LogP contribution is -2.14. The summed E-state index contributed by atoms with van der Waals surface area (Å²) in [7, 11) is 0. The number of carbonyl (C=O) groups is 2. The van der Waals surface area contributed by atoms with Crippen molar-refractivity contribution >= 4 is 28.7 Å². The van der Waals surface area contributed by atoms with Crippen LogP contribution in [0.15, 0.2) is 0 Å². The third-order valence-corrected chi connectivity index (χ3v) is 3.58. The van der Waals surface area contributed by atoms with Crippen LogP contribution in [-0.2, 0) is 17.6 Å². The van der Waals surface area contributed by atoms with Gasteiger partial charge < -0.3 is 11.1 Å². The van der Waals surface area contributed by atoms with E-state index in [1.54, 1.807) is 0 Å². The van der Waals surface area contributed by atoms with E-state index in [1.807, 2.05) is 0 Å². The normalized spacial score (nSPS) is 13.7. The summed E-state index contributed by atoms with van der Waals surface area (Å²) >= 11 is 1.46. The van der Waals surface area contributed by atoms with Crippen molar-refractivity contribution in [3.8, 4) is 0 Å². The molecule has 1 heterocycles. The molecule has 0 saturated heterocycles. The topological polar surface area (TPSA) is 72.2 Å². The molecule has 0 fully saturated rings. The maximum Gasteiger partial charge on any atom is 0.251 e. The van der Waals surface area contributed by atoms with Crippen LogP contribution in [0.5, 0.6) is 0 Å². The first-order valence-corrected chi connectivity index (χ1v) is 5.20. The quantitative estimate of drug-likeness (QED) is 0.728. The van der Waals surface area contributed by atoms with Gasteiger partial charge >= 0.3 is 0 Å². The fraction of sp³-hybridized carbons (Fsp3) is 0.333. The van der Waals surface area contributed by atoms with Crippen LogP contribution in [0.3, 0.4) is 0 Å². The van der Waals surface area contributed by atoms with Crippen LogP contribution < -0.4 is 11.1 Å². The smallest absolute Gasteiger partial charge is 0.251 e. The van der Waals surface area contributed by atoms with E-state index in [0.29, 0.717) is 17.0 Å². The Balaban J connectivity index is 2.50. The predicted molar refractivity (Wildman–Crippen MR) is 54.5 cm³/mol. The Morgan fingerprint density at radius 3 is 2.93 bits per heavy atom. The molecule has 0 radical (unpaired) electrons. The number of anilines is 1. The molecular weight excluding hydrogens is 200 g/mol. The van der Waals surface area contributed by atoms with Crippen molar-refractivity contribution in [3.63, 3.8) is 0 Å². The molecule has 1 aromatic heterocycles. The number of amides is 2. The van der Waals surface area contributed by atoms with Gasteiger partial charge in [-0.05, 0) is 24.8 Å². The average molecular weight is 210 g/mol. The number of aryl methyl sites for hydroxylation is 1. The molecule has 1 aromatic rings. The number of hydrogen-bond acceptors (Lipinski definition) is 3. The summed E-state index contributed by atoms with van der Waals surface area (Å²) in [5, 5.41) is 3.12. The van der Waals surface area contributed by atoms with Crippen molar-refractivity contribution in [3.05, 3.63) is 16.0 Å². The van der Waals surface area contributed by atoms with Crippen LogP contribution in [0.1, 0.15) is 27.2 Å². The van der Waals surface area contributed by atoms with Gasteiger partial charge in [0.1, 0.15) is 5.00 Å². The van der Waals surface area contributed by atoms with Crippen LogP contribution in [0, 0.1) is 0 Å². The monoisotopic (exact) mass is 210 g/mol. The van der Waals surface area contributed by atoms with Crippen LogP contribution in [0.4, 0.5) is 5.00 Å². The van der Waals surface area contributed by atoms with Crippen molar-refractivity contribution in [1.29, 1.82) is 0 Å². The maximum absolute atomic E-state index is 11.2. The Morgan fingerprint density at radius 2 is 2.29 bits per heavy atom. The summed E-state index contributed by atoms with van der Waals surface area (Å²) in [6.45, 7) is 0. The van der Waals surface area contributed by atoms with Crippen LogP contribution >= 0.6 is 11.3 Å². The molecule has 1 aliphatic carbocycles. The van der Waals surface area contributed by atoms with Gasteiger partial charge in [-0.25, -0.2) is 0 Å². The molecule has 1 aliphatic rings. The fourth-order valence-corrected chi connectivity index (χ4v) is 3.07. The van der Waals surface area contributed by atoms with E-state index >= 15 is 0 Å². The van der Waals surface area contributed by atoms with Gasteiger partial charge in [0.2, 0.25) is 6.41 Å². The first kappa shape index (κ1) is 9.21. The second-order valence-corrected chi connectivity index (χ2v) is 4.29. The standard InChI is InChI=1S/C9H10N2O2S/c10-8(13)7-5-2-1-3-6(5)14-9(7)11-4-12/h4H,1-3H2,(H2,10,13)(H,11,12). The highest BCUT2D eigenvalue weighted by Crippen LogP contribution is 2.38. The van der Waals surface area contributed by atoms with Crippen molar-refractivity contribution in [2.75, 3.05) is 5.32 Å². The van der Waals surface area contributed by atoms with Gasteiger partial charge in [0.25, 0.3) is 5.91 Å². The maximum atomic E-state index is 11.2. The Labute approximate surface area is 85.1 Å². The van der Waals surface area contributed by atoms with E-state index < -0.39 is 5.91 Å². The highest BCUT2D eigenvalue weighted by molar-refractivity contribution is 7.17. The number of fused-ring (bicyclic) bond motifs is 1. The van der Waals surface area contributed by atoms with Gasteiger partial charge in [-0.3, -0.25) is 9.59 Å². The molecule has 4 nitrogen and oxygen atoms in total. The Morgan fingerprint density at radius 1 is 1.50 bits per heavy atom. The molecule has 0 aliphatic heterocycles. The van der Waals surface area contributed by atoms with Crippen molar-refractivity contribution < 1.29 is 9.59 Å². The van der Waals surface area contributed by atoms with E-state index in [2.05, 4.69) is 5.32 Å². The summed E-state index contributed by atoms with van der Waals surface area (Å²) in [4.78, 5) is 22.7. The molecule has 2 rings (SSSR count). The van der Waals surface area contributed by atoms with E-state index in [1.165, 1.54) is 16.2 Å². The number of nitrogens with one attached hydrogen (secondary N) is 1. The Bertz CT molecular complexity index is 398. The number of thiophene rings is 1. The van der Waals surface area contributed by atoms with E-state index in [-0.39, 0.29) is 0 Å². The number of carbonyl (C=O) groups excluding carboxylic acids is 2. The predicted octanol–water partition coefficient (Wildman–Crippen LogP) is 0.904. The zero-order valence-electron chi connectivity index (χ0n) is 7.50. The highest BCUT2D eigenvalue weighted by atomic mass is 32.1. The fourth-order valence-electron chi connectivity index (χ4n) is 1.82. The minimum absolute atomic E-state index is 0.450. The SMILES string of the molecule is NC(=O)c1c(NC=O)sc2c1CCC2. The lowest BCUT2D eigenvalue weighted by atomic mass is 10.1. The molecular formula is C9H10N2O2S. The van der Waals surface area contributed by atoms with Crippen molar-refractivity contribution in [2.45, 2.75) is 19.3 Å². The molecule has 3 N–H and O–H groups in total. The molecule has 2 amide bonds. The number of nitrogens with two attached hydrogens (primary N) is 1. The lowest BCUT2D eigenvalue weighted by Gasteiger charge is -1.99. The summed E-state index contributed by atoms with van der Waals surface area (Å²) < 4.78 is 0. The third kappa shape index (κ3) is 1.29. The van der Waals surface area contributed by atoms with Gasteiger partial charge in [-0.2, -0.15) is 0 Å². The molecule has 14 heavy (non-hydrogen) atoms. The van der Waals surface area contributed by atoms with E-state index in [0.717, 1.165) is 24.8 Å². The Hall–Kier alpha value is -1.36. The first-order valence-electron chi connectivity index (χ1n) is 4.38. The molecule has 0 aromatic carbocycles. The summed E-state index contributed by atoms with van der Waals surface area (Å²) in [6, 6.07) is 0.